The lowest BCUT2D eigenvalue weighted by Gasteiger charge is -2.19. The standard InChI is InChI=1S/C15H19NO3S/c1-2-9-16(10-13-3-4-13)20(18,19)12-15-7-5-14(11-17)6-8-15/h1,5-8,13,17H,3-4,9-12H2. The lowest BCUT2D eigenvalue weighted by molar-refractivity contribution is 0.282. The monoisotopic (exact) mass is 293 g/mol. The minimum atomic E-state index is -3.38. The molecule has 1 aromatic carbocycles. The SMILES string of the molecule is C#CCN(CC1CC1)S(=O)(=O)Cc1ccc(CO)cc1. The van der Waals surface area contributed by atoms with Gasteiger partial charge < -0.3 is 5.11 Å². The molecule has 0 heterocycles. The zero-order chi connectivity index (χ0) is 14.6. The fourth-order valence-electron chi connectivity index (χ4n) is 2.01. The first-order valence-corrected chi connectivity index (χ1v) is 8.26. The van der Waals surface area contributed by atoms with Crippen LogP contribution in [0.1, 0.15) is 24.0 Å². The van der Waals surface area contributed by atoms with Crippen molar-refractivity contribution < 1.29 is 13.5 Å². The van der Waals surface area contributed by atoms with E-state index in [1.807, 2.05) is 0 Å². The summed E-state index contributed by atoms with van der Waals surface area (Å²) in [7, 11) is -3.38. The van der Waals surface area contributed by atoms with Crippen LogP contribution in [0.4, 0.5) is 0 Å². The molecule has 1 aliphatic carbocycles. The molecule has 0 aromatic heterocycles. The van der Waals surface area contributed by atoms with Crippen LogP contribution in [0.15, 0.2) is 24.3 Å². The number of benzene rings is 1. The number of sulfonamides is 1. The largest absolute Gasteiger partial charge is 0.392 e. The Labute approximate surface area is 120 Å². The summed E-state index contributed by atoms with van der Waals surface area (Å²) in [5, 5.41) is 8.98. The van der Waals surface area contributed by atoms with Gasteiger partial charge in [0.1, 0.15) is 0 Å². The average molecular weight is 293 g/mol. The van der Waals surface area contributed by atoms with Gasteiger partial charge in [-0.25, -0.2) is 8.42 Å². The minimum absolute atomic E-state index is 0.0437. The molecule has 0 atom stereocenters. The summed E-state index contributed by atoms with van der Waals surface area (Å²) in [6, 6.07) is 6.93. The van der Waals surface area contributed by atoms with E-state index in [1.165, 1.54) is 4.31 Å². The molecule has 0 spiro atoms. The normalized spacial score (nSPS) is 15.2. The Morgan fingerprint density at radius 3 is 2.35 bits per heavy atom. The fourth-order valence-corrected chi connectivity index (χ4v) is 3.51. The Hall–Kier alpha value is -1.35. The number of terminal acetylenes is 1. The highest BCUT2D eigenvalue weighted by Crippen LogP contribution is 2.30. The number of nitrogens with zero attached hydrogens (tertiary/aromatic N) is 1. The highest BCUT2D eigenvalue weighted by molar-refractivity contribution is 7.88. The predicted octanol–water partition coefficient (Wildman–Crippen LogP) is 1.35. The minimum Gasteiger partial charge on any atom is -0.392 e. The Bertz CT molecular complexity index is 583. The van der Waals surface area contributed by atoms with Gasteiger partial charge in [0, 0.05) is 6.54 Å². The van der Waals surface area contributed by atoms with Crippen molar-refractivity contribution >= 4 is 10.0 Å². The molecule has 1 aliphatic rings. The van der Waals surface area contributed by atoms with E-state index >= 15 is 0 Å². The third kappa shape index (κ3) is 4.07. The molecule has 108 valence electrons. The molecule has 5 heteroatoms. The number of hydrogen-bond acceptors (Lipinski definition) is 3. The van der Waals surface area contributed by atoms with Gasteiger partial charge in [0.15, 0.2) is 0 Å². The smallest absolute Gasteiger partial charge is 0.219 e. The van der Waals surface area contributed by atoms with Gasteiger partial charge in [0.25, 0.3) is 0 Å². The number of hydrogen-bond donors (Lipinski definition) is 1. The quantitative estimate of drug-likeness (QED) is 0.772. The van der Waals surface area contributed by atoms with Gasteiger partial charge in [0.05, 0.1) is 18.9 Å². The number of aliphatic hydroxyl groups is 1. The van der Waals surface area contributed by atoms with Crippen LogP contribution >= 0.6 is 0 Å². The van der Waals surface area contributed by atoms with Crippen LogP contribution in [0, 0.1) is 18.3 Å². The molecule has 2 rings (SSSR count). The summed E-state index contributed by atoms with van der Waals surface area (Å²) < 4.78 is 26.2. The van der Waals surface area contributed by atoms with Gasteiger partial charge in [-0.3, -0.25) is 0 Å². The molecule has 0 aliphatic heterocycles. The summed E-state index contributed by atoms with van der Waals surface area (Å²) in [5.74, 6) is 2.84. The second-order valence-electron chi connectivity index (χ2n) is 5.17. The van der Waals surface area contributed by atoms with Crippen LogP contribution in [-0.2, 0) is 22.4 Å². The summed E-state index contributed by atoms with van der Waals surface area (Å²) in [6.45, 7) is 0.618. The molecule has 0 amide bonds. The van der Waals surface area contributed by atoms with Crippen molar-refractivity contribution in [2.45, 2.75) is 25.2 Å². The maximum atomic E-state index is 12.4. The van der Waals surface area contributed by atoms with Gasteiger partial charge in [-0.1, -0.05) is 30.2 Å². The van der Waals surface area contributed by atoms with E-state index in [0.29, 0.717) is 18.0 Å². The van der Waals surface area contributed by atoms with E-state index in [0.717, 1.165) is 18.4 Å². The molecule has 1 aromatic rings. The molecular weight excluding hydrogens is 274 g/mol. The van der Waals surface area contributed by atoms with Crippen LogP contribution in [-0.4, -0.2) is 30.9 Å². The summed E-state index contributed by atoms with van der Waals surface area (Å²) in [4.78, 5) is 0. The second kappa shape index (κ2) is 6.40. The maximum absolute atomic E-state index is 12.4. The van der Waals surface area contributed by atoms with Gasteiger partial charge in [0.2, 0.25) is 10.0 Å². The molecule has 0 bridgehead atoms. The van der Waals surface area contributed by atoms with Gasteiger partial charge in [-0.05, 0) is 29.9 Å². The number of aliphatic hydroxyl groups excluding tert-OH is 1. The maximum Gasteiger partial charge on any atom is 0.219 e. The lowest BCUT2D eigenvalue weighted by Crippen LogP contribution is -2.34. The van der Waals surface area contributed by atoms with E-state index in [9.17, 15) is 8.42 Å². The van der Waals surface area contributed by atoms with Crippen LogP contribution in [0.25, 0.3) is 0 Å². The van der Waals surface area contributed by atoms with Crippen molar-refractivity contribution in [3.8, 4) is 12.3 Å². The first-order chi connectivity index (χ1) is 9.55. The van der Waals surface area contributed by atoms with Crippen molar-refractivity contribution in [3.63, 3.8) is 0 Å². The van der Waals surface area contributed by atoms with Crippen LogP contribution in [0.2, 0.25) is 0 Å². The highest BCUT2D eigenvalue weighted by Gasteiger charge is 2.30. The summed E-state index contributed by atoms with van der Waals surface area (Å²) >= 11 is 0. The molecule has 4 nitrogen and oxygen atoms in total. The lowest BCUT2D eigenvalue weighted by atomic mass is 10.2. The van der Waals surface area contributed by atoms with E-state index < -0.39 is 10.0 Å². The van der Waals surface area contributed by atoms with Crippen molar-refractivity contribution in [1.29, 1.82) is 0 Å². The molecule has 0 saturated heterocycles. The third-order valence-electron chi connectivity index (χ3n) is 3.37. The number of rotatable bonds is 7. The Balaban J connectivity index is 2.08. The van der Waals surface area contributed by atoms with Crippen molar-refractivity contribution in [2.75, 3.05) is 13.1 Å². The molecular formula is C15H19NO3S. The van der Waals surface area contributed by atoms with E-state index in [-0.39, 0.29) is 18.9 Å². The highest BCUT2D eigenvalue weighted by atomic mass is 32.2. The summed E-state index contributed by atoms with van der Waals surface area (Å²) in [6.07, 6.45) is 7.44. The van der Waals surface area contributed by atoms with Gasteiger partial charge in [-0.15, -0.1) is 6.42 Å². The predicted molar refractivity (Wildman–Crippen MR) is 78.1 cm³/mol. The first kappa shape index (κ1) is 15.0. The van der Waals surface area contributed by atoms with Crippen LogP contribution in [0.3, 0.4) is 0 Å². The molecule has 20 heavy (non-hydrogen) atoms. The van der Waals surface area contributed by atoms with Crippen molar-refractivity contribution in [2.24, 2.45) is 5.92 Å². The Morgan fingerprint density at radius 2 is 1.85 bits per heavy atom. The third-order valence-corrected chi connectivity index (χ3v) is 5.14. The van der Waals surface area contributed by atoms with E-state index in [2.05, 4.69) is 5.92 Å². The zero-order valence-corrected chi connectivity index (χ0v) is 12.1. The Morgan fingerprint density at radius 1 is 1.25 bits per heavy atom. The molecule has 1 N–H and O–H groups in total. The second-order valence-corrected chi connectivity index (χ2v) is 7.14. The molecule has 0 radical (unpaired) electrons. The van der Waals surface area contributed by atoms with Crippen molar-refractivity contribution in [1.82, 2.24) is 4.31 Å². The average Bonchev–Trinajstić information content (AvgIpc) is 3.23. The molecule has 0 unspecified atom stereocenters. The van der Waals surface area contributed by atoms with Crippen LogP contribution < -0.4 is 0 Å². The van der Waals surface area contributed by atoms with E-state index in [1.54, 1.807) is 24.3 Å². The van der Waals surface area contributed by atoms with Gasteiger partial charge >= 0.3 is 0 Å². The molecule has 1 saturated carbocycles. The fraction of sp³-hybridized carbons (Fsp3) is 0.467. The van der Waals surface area contributed by atoms with Crippen LogP contribution in [0.5, 0.6) is 0 Å². The zero-order valence-electron chi connectivity index (χ0n) is 11.3. The first-order valence-electron chi connectivity index (χ1n) is 6.65. The van der Waals surface area contributed by atoms with Gasteiger partial charge in [-0.2, -0.15) is 4.31 Å². The van der Waals surface area contributed by atoms with E-state index in [4.69, 9.17) is 11.5 Å². The topological polar surface area (TPSA) is 57.6 Å². The molecule has 1 fully saturated rings. The van der Waals surface area contributed by atoms with Crippen molar-refractivity contribution in [3.05, 3.63) is 35.4 Å². The summed E-state index contributed by atoms with van der Waals surface area (Å²) in [5.41, 5.74) is 1.48. The Kier molecular flexibility index (Phi) is 4.81.